The molecule has 0 saturated carbocycles. The largest absolute Gasteiger partial charge is 0.492 e. The molecule has 0 radical (unpaired) electrons. The Kier molecular flexibility index (Phi) is 10.9. The Morgan fingerprint density at radius 1 is 0.941 bits per heavy atom. The van der Waals surface area contributed by atoms with Crippen LogP contribution in [0.5, 0.6) is 11.5 Å². The van der Waals surface area contributed by atoms with Crippen LogP contribution in [0.25, 0.3) is 11.1 Å². The molecule has 0 spiro atoms. The smallest absolute Gasteiger partial charge is 0.339 e. The van der Waals surface area contributed by atoms with Crippen molar-refractivity contribution in [2.45, 2.75) is 20.0 Å². The minimum absolute atomic E-state index is 0. The Balaban J connectivity index is 0.00000408. The Morgan fingerprint density at radius 2 is 1.62 bits per heavy atom. The zero-order valence-corrected chi connectivity index (χ0v) is 20.3. The van der Waals surface area contributed by atoms with Gasteiger partial charge in [-0.05, 0) is 46.9 Å². The van der Waals surface area contributed by atoms with E-state index in [-0.39, 0.29) is 18.0 Å². The summed E-state index contributed by atoms with van der Waals surface area (Å²) in [6.45, 7) is 6.03. The molecule has 6 nitrogen and oxygen atoms in total. The van der Waals surface area contributed by atoms with Crippen LogP contribution in [0.15, 0.2) is 72.8 Å². The predicted molar refractivity (Wildman–Crippen MR) is 136 cm³/mol. The summed E-state index contributed by atoms with van der Waals surface area (Å²) in [6, 6.07) is 22.3. The standard InChI is InChI=1S/C27H31NO5.ClH/c1-19(2)18-33-26-16-22(10-13-24(26)27(30)31)20-8-11-23(12-9-20)32-15-14-28-17-25(29)21-6-4-3-5-7-21;/h3-13,16,19,25,28-29H,14-15,17-18H2,1-2H3,(H,30,31);1H/t25-;/m1./s1. The number of hydrogen-bond acceptors (Lipinski definition) is 5. The molecule has 7 heteroatoms. The number of benzene rings is 3. The van der Waals surface area contributed by atoms with E-state index in [4.69, 9.17) is 9.47 Å². The second-order valence-corrected chi connectivity index (χ2v) is 8.22. The summed E-state index contributed by atoms with van der Waals surface area (Å²) in [5, 5.41) is 22.8. The summed E-state index contributed by atoms with van der Waals surface area (Å²) < 4.78 is 11.5. The highest BCUT2D eigenvalue weighted by Crippen LogP contribution is 2.29. The molecule has 0 saturated heterocycles. The van der Waals surface area contributed by atoms with E-state index in [1.54, 1.807) is 18.2 Å². The van der Waals surface area contributed by atoms with Gasteiger partial charge in [0.15, 0.2) is 0 Å². The lowest BCUT2D eigenvalue weighted by Crippen LogP contribution is -2.26. The van der Waals surface area contributed by atoms with Crippen molar-refractivity contribution in [1.29, 1.82) is 0 Å². The first-order valence-corrected chi connectivity index (χ1v) is 11.1. The van der Waals surface area contributed by atoms with Crippen molar-refractivity contribution in [3.8, 4) is 22.6 Å². The second kappa shape index (κ2) is 13.6. The fourth-order valence-electron chi connectivity index (χ4n) is 3.27. The third kappa shape index (κ3) is 8.06. The van der Waals surface area contributed by atoms with Crippen molar-refractivity contribution >= 4 is 18.4 Å². The molecule has 3 rings (SSSR count). The number of hydrogen-bond donors (Lipinski definition) is 3. The van der Waals surface area contributed by atoms with Gasteiger partial charge >= 0.3 is 5.97 Å². The minimum atomic E-state index is -1.01. The number of aliphatic hydroxyl groups is 1. The maximum atomic E-state index is 11.5. The number of carbonyl (C=O) groups is 1. The average Bonchev–Trinajstić information content (AvgIpc) is 2.83. The van der Waals surface area contributed by atoms with Crippen molar-refractivity contribution < 1.29 is 24.5 Å². The molecule has 0 aliphatic rings. The molecule has 3 aromatic rings. The number of aliphatic hydroxyl groups excluding tert-OH is 1. The molecule has 0 heterocycles. The summed E-state index contributed by atoms with van der Waals surface area (Å²) in [5.41, 5.74) is 2.86. The number of halogens is 1. The van der Waals surface area contributed by atoms with Gasteiger partial charge < -0.3 is 25.0 Å². The monoisotopic (exact) mass is 485 g/mol. The van der Waals surface area contributed by atoms with E-state index in [0.29, 0.717) is 38.0 Å². The molecular formula is C27H32ClNO5. The molecule has 182 valence electrons. The topological polar surface area (TPSA) is 88.0 Å². The molecule has 34 heavy (non-hydrogen) atoms. The molecule has 3 aromatic carbocycles. The number of carboxylic acids is 1. The SMILES string of the molecule is CC(C)COc1cc(-c2ccc(OCCNC[C@@H](O)c3ccccc3)cc2)ccc1C(=O)O.Cl. The number of nitrogens with one attached hydrogen (secondary N) is 1. The lowest BCUT2D eigenvalue weighted by atomic mass is 10.0. The van der Waals surface area contributed by atoms with Crippen LogP contribution in [0.3, 0.4) is 0 Å². The van der Waals surface area contributed by atoms with Crippen LogP contribution < -0.4 is 14.8 Å². The molecule has 3 N–H and O–H groups in total. The van der Waals surface area contributed by atoms with Crippen LogP contribution >= 0.6 is 12.4 Å². The van der Waals surface area contributed by atoms with Gasteiger partial charge in [-0.25, -0.2) is 4.79 Å². The van der Waals surface area contributed by atoms with Crippen LogP contribution in [0.4, 0.5) is 0 Å². The Morgan fingerprint density at radius 3 is 2.26 bits per heavy atom. The fraction of sp³-hybridized carbons (Fsp3) is 0.296. The summed E-state index contributed by atoms with van der Waals surface area (Å²) in [4.78, 5) is 11.5. The fourth-order valence-corrected chi connectivity index (χ4v) is 3.27. The van der Waals surface area contributed by atoms with Crippen LogP contribution in [-0.2, 0) is 0 Å². The lowest BCUT2D eigenvalue weighted by Gasteiger charge is -2.14. The third-order valence-electron chi connectivity index (χ3n) is 5.04. The van der Waals surface area contributed by atoms with Crippen molar-refractivity contribution in [2.24, 2.45) is 5.92 Å². The molecule has 0 amide bonds. The number of rotatable bonds is 12. The first kappa shape index (κ1) is 27.2. The Labute approximate surface area is 207 Å². The number of carboxylic acid groups (broad SMARTS) is 1. The van der Waals surface area contributed by atoms with Gasteiger partial charge in [-0.3, -0.25) is 0 Å². The van der Waals surface area contributed by atoms with Gasteiger partial charge in [-0.15, -0.1) is 12.4 Å². The molecular weight excluding hydrogens is 454 g/mol. The van der Waals surface area contributed by atoms with E-state index in [9.17, 15) is 15.0 Å². The number of ether oxygens (including phenoxy) is 2. The highest BCUT2D eigenvalue weighted by Gasteiger charge is 2.13. The highest BCUT2D eigenvalue weighted by atomic mass is 35.5. The number of aromatic carboxylic acids is 1. The van der Waals surface area contributed by atoms with Gasteiger partial charge in [-0.2, -0.15) is 0 Å². The average molecular weight is 486 g/mol. The van der Waals surface area contributed by atoms with Crippen molar-refractivity contribution in [1.82, 2.24) is 5.32 Å². The molecule has 0 aliphatic carbocycles. The third-order valence-corrected chi connectivity index (χ3v) is 5.04. The Bertz CT molecular complexity index is 1020. The summed E-state index contributed by atoms with van der Waals surface area (Å²) in [7, 11) is 0. The minimum Gasteiger partial charge on any atom is -0.492 e. The molecule has 0 unspecified atom stereocenters. The summed E-state index contributed by atoms with van der Waals surface area (Å²) in [5.74, 6) is 0.400. The highest BCUT2D eigenvalue weighted by molar-refractivity contribution is 5.92. The normalized spacial score (nSPS) is 11.5. The van der Waals surface area contributed by atoms with E-state index in [0.717, 1.165) is 22.4 Å². The van der Waals surface area contributed by atoms with E-state index < -0.39 is 12.1 Å². The van der Waals surface area contributed by atoms with E-state index >= 15 is 0 Å². The van der Waals surface area contributed by atoms with E-state index in [1.165, 1.54) is 0 Å². The molecule has 0 bridgehead atoms. The zero-order chi connectivity index (χ0) is 23.6. The van der Waals surface area contributed by atoms with E-state index in [2.05, 4.69) is 5.32 Å². The van der Waals surface area contributed by atoms with Crippen molar-refractivity contribution in [2.75, 3.05) is 26.3 Å². The maximum absolute atomic E-state index is 11.5. The zero-order valence-electron chi connectivity index (χ0n) is 19.4. The van der Waals surface area contributed by atoms with Crippen LogP contribution in [0, 0.1) is 5.92 Å². The molecule has 0 aliphatic heterocycles. The quantitative estimate of drug-likeness (QED) is 0.305. The van der Waals surface area contributed by atoms with Crippen LogP contribution in [0.2, 0.25) is 0 Å². The lowest BCUT2D eigenvalue weighted by molar-refractivity contribution is 0.0691. The Hall–Kier alpha value is -3.06. The van der Waals surface area contributed by atoms with Gasteiger partial charge in [0.25, 0.3) is 0 Å². The van der Waals surface area contributed by atoms with Crippen molar-refractivity contribution in [3.63, 3.8) is 0 Å². The second-order valence-electron chi connectivity index (χ2n) is 8.22. The van der Waals surface area contributed by atoms with E-state index in [1.807, 2.05) is 68.4 Å². The van der Waals surface area contributed by atoms with Gasteiger partial charge in [0, 0.05) is 13.1 Å². The van der Waals surface area contributed by atoms with Crippen LogP contribution in [-0.4, -0.2) is 42.5 Å². The first-order valence-electron chi connectivity index (χ1n) is 11.1. The van der Waals surface area contributed by atoms with Crippen LogP contribution in [0.1, 0.15) is 35.9 Å². The van der Waals surface area contributed by atoms with Gasteiger partial charge in [0.05, 0.1) is 12.7 Å². The molecule has 0 aromatic heterocycles. The van der Waals surface area contributed by atoms with Gasteiger partial charge in [0.1, 0.15) is 23.7 Å². The predicted octanol–water partition coefficient (Wildman–Crippen LogP) is 5.21. The summed E-state index contributed by atoms with van der Waals surface area (Å²) in [6.07, 6.45) is -0.549. The maximum Gasteiger partial charge on any atom is 0.339 e. The van der Waals surface area contributed by atoms with Crippen molar-refractivity contribution in [3.05, 3.63) is 83.9 Å². The molecule has 0 fully saturated rings. The first-order chi connectivity index (χ1) is 15.9. The van der Waals surface area contributed by atoms with Gasteiger partial charge in [0.2, 0.25) is 0 Å². The van der Waals surface area contributed by atoms with Gasteiger partial charge in [-0.1, -0.05) is 62.4 Å². The summed E-state index contributed by atoms with van der Waals surface area (Å²) >= 11 is 0. The molecule has 1 atom stereocenters.